The van der Waals surface area contributed by atoms with E-state index in [9.17, 15) is 4.39 Å². The van der Waals surface area contributed by atoms with E-state index in [2.05, 4.69) is 25.7 Å². The van der Waals surface area contributed by atoms with Gasteiger partial charge in [0.25, 0.3) is 0 Å². The lowest BCUT2D eigenvalue weighted by Crippen LogP contribution is -2.10. The summed E-state index contributed by atoms with van der Waals surface area (Å²) >= 11 is 6.17. The number of aromatic nitrogens is 4. The maximum Gasteiger partial charge on any atom is 0.229 e. The van der Waals surface area contributed by atoms with Gasteiger partial charge in [0.1, 0.15) is 10.8 Å². The Morgan fingerprint density at radius 3 is 2.96 bits per heavy atom. The minimum atomic E-state index is -0.299. The third kappa shape index (κ3) is 4.47. The number of rotatable bonds is 7. The van der Waals surface area contributed by atoms with Crippen LogP contribution >= 0.6 is 11.6 Å². The maximum absolute atomic E-state index is 13.4. The van der Waals surface area contributed by atoms with Crippen molar-refractivity contribution in [1.29, 1.82) is 0 Å². The van der Waals surface area contributed by atoms with E-state index in [4.69, 9.17) is 16.7 Å². The molecule has 9 heteroatoms. The maximum atomic E-state index is 13.4. The molecule has 136 valence electrons. The molecule has 1 unspecified atom stereocenters. The SMILES string of the molecule is CC(Nc1nc(Nc2cnn(CCO)c2)ncc1Cl)c1cccc(F)c1. The molecule has 0 radical (unpaired) electrons. The molecule has 2 aromatic heterocycles. The van der Waals surface area contributed by atoms with Crippen LogP contribution in [0.25, 0.3) is 0 Å². The molecule has 0 amide bonds. The highest BCUT2D eigenvalue weighted by Crippen LogP contribution is 2.26. The van der Waals surface area contributed by atoms with E-state index in [1.165, 1.54) is 18.3 Å². The molecule has 0 aliphatic heterocycles. The minimum Gasteiger partial charge on any atom is -0.394 e. The number of hydrogen-bond donors (Lipinski definition) is 3. The fraction of sp³-hybridized carbons (Fsp3) is 0.235. The van der Waals surface area contributed by atoms with Crippen molar-refractivity contribution in [3.05, 3.63) is 59.3 Å². The first-order chi connectivity index (χ1) is 12.5. The zero-order valence-corrected chi connectivity index (χ0v) is 14.8. The van der Waals surface area contributed by atoms with E-state index in [1.807, 2.05) is 13.0 Å². The Labute approximate surface area is 154 Å². The van der Waals surface area contributed by atoms with Gasteiger partial charge in [0.15, 0.2) is 5.82 Å². The summed E-state index contributed by atoms with van der Waals surface area (Å²) in [6, 6.07) is 6.14. The number of nitrogens with zero attached hydrogens (tertiary/aromatic N) is 4. The van der Waals surface area contributed by atoms with Crippen molar-refractivity contribution in [1.82, 2.24) is 19.7 Å². The Kier molecular flexibility index (Phi) is 5.65. The number of aliphatic hydroxyl groups excluding tert-OH is 1. The largest absolute Gasteiger partial charge is 0.394 e. The van der Waals surface area contributed by atoms with Crippen LogP contribution in [0, 0.1) is 5.82 Å². The van der Waals surface area contributed by atoms with Gasteiger partial charge in [0.05, 0.1) is 37.3 Å². The smallest absolute Gasteiger partial charge is 0.229 e. The molecule has 7 nitrogen and oxygen atoms in total. The number of halogens is 2. The third-order valence-electron chi connectivity index (χ3n) is 3.66. The van der Waals surface area contributed by atoms with Gasteiger partial charge in [0, 0.05) is 6.20 Å². The van der Waals surface area contributed by atoms with Crippen LogP contribution in [-0.4, -0.2) is 31.5 Å². The van der Waals surface area contributed by atoms with E-state index in [1.54, 1.807) is 23.1 Å². The third-order valence-corrected chi connectivity index (χ3v) is 3.94. The van der Waals surface area contributed by atoms with E-state index in [0.29, 0.717) is 29.0 Å². The zero-order chi connectivity index (χ0) is 18.5. The first-order valence-electron chi connectivity index (χ1n) is 8.00. The number of nitrogens with one attached hydrogen (secondary N) is 2. The lowest BCUT2D eigenvalue weighted by molar-refractivity contribution is 0.269. The van der Waals surface area contributed by atoms with Gasteiger partial charge < -0.3 is 15.7 Å². The summed E-state index contributed by atoms with van der Waals surface area (Å²) in [5.41, 5.74) is 1.46. The molecule has 0 saturated heterocycles. The average molecular weight is 377 g/mol. The Balaban J connectivity index is 1.74. The Morgan fingerprint density at radius 2 is 2.19 bits per heavy atom. The molecule has 1 aromatic carbocycles. The second-order valence-electron chi connectivity index (χ2n) is 5.65. The summed E-state index contributed by atoms with van der Waals surface area (Å²) in [6.07, 6.45) is 4.82. The first kappa shape index (κ1) is 18.1. The summed E-state index contributed by atoms with van der Waals surface area (Å²) < 4.78 is 15.0. The van der Waals surface area contributed by atoms with Crippen LogP contribution in [0.3, 0.4) is 0 Å². The molecular weight excluding hydrogens is 359 g/mol. The van der Waals surface area contributed by atoms with Gasteiger partial charge in [0.2, 0.25) is 5.95 Å². The van der Waals surface area contributed by atoms with Crippen LogP contribution in [-0.2, 0) is 6.54 Å². The van der Waals surface area contributed by atoms with Crippen molar-refractivity contribution in [2.75, 3.05) is 17.2 Å². The van der Waals surface area contributed by atoms with Gasteiger partial charge in [-0.1, -0.05) is 23.7 Å². The molecule has 0 saturated carbocycles. The molecular formula is C17H18ClFN6O. The normalized spacial score (nSPS) is 12.0. The second-order valence-corrected chi connectivity index (χ2v) is 6.06. The highest BCUT2D eigenvalue weighted by atomic mass is 35.5. The molecule has 3 rings (SSSR count). The minimum absolute atomic E-state index is 0.00457. The van der Waals surface area contributed by atoms with Crippen LogP contribution in [0.4, 0.5) is 21.8 Å². The van der Waals surface area contributed by atoms with Crippen molar-refractivity contribution in [3.8, 4) is 0 Å². The topological polar surface area (TPSA) is 87.9 Å². The van der Waals surface area contributed by atoms with Crippen molar-refractivity contribution in [3.63, 3.8) is 0 Å². The first-order valence-corrected chi connectivity index (χ1v) is 8.38. The summed E-state index contributed by atoms with van der Waals surface area (Å²) in [6.45, 7) is 2.30. The summed E-state index contributed by atoms with van der Waals surface area (Å²) in [5.74, 6) is 0.475. The average Bonchev–Trinajstić information content (AvgIpc) is 3.05. The van der Waals surface area contributed by atoms with Crippen molar-refractivity contribution < 1.29 is 9.50 Å². The number of benzene rings is 1. The number of aliphatic hydroxyl groups is 1. The molecule has 0 aliphatic carbocycles. The summed E-state index contributed by atoms with van der Waals surface area (Å²) in [4.78, 5) is 8.51. The van der Waals surface area contributed by atoms with Gasteiger partial charge in [-0.15, -0.1) is 0 Å². The lowest BCUT2D eigenvalue weighted by Gasteiger charge is -2.16. The second kappa shape index (κ2) is 8.11. The molecule has 0 spiro atoms. The van der Waals surface area contributed by atoms with Gasteiger partial charge >= 0.3 is 0 Å². The van der Waals surface area contributed by atoms with E-state index >= 15 is 0 Å². The monoisotopic (exact) mass is 376 g/mol. The van der Waals surface area contributed by atoms with Gasteiger partial charge in [-0.3, -0.25) is 4.68 Å². The molecule has 1 atom stereocenters. The van der Waals surface area contributed by atoms with Crippen LogP contribution < -0.4 is 10.6 Å². The number of hydrogen-bond acceptors (Lipinski definition) is 6. The fourth-order valence-corrected chi connectivity index (χ4v) is 2.52. The molecule has 0 bridgehead atoms. The molecule has 0 aliphatic rings. The Hall–Kier alpha value is -2.71. The predicted octanol–water partition coefficient (Wildman–Crippen LogP) is 3.37. The van der Waals surface area contributed by atoms with Crippen molar-refractivity contribution in [2.24, 2.45) is 0 Å². The molecule has 0 fully saturated rings. The van der Waals surface area contributed by atoms with Gasteiger partial charge in [-0.25, -0.2) is 9.37 Å². The van der Waals surface area contributed by atoms with Crippen LogP contribution in [0.2, 0.25) is 5.02 Å². The highest BCUT2D eigenvalue weighted by Gasteiger charge is 2.12. The van der Waals surface area contributed by atoms with Crippen LogP contribution in [0.1, 0.15) is 18.5 Å². The fourth-order valence-electron chi connectivity index (χ4n) is 2.37. The zero-order valence-electron chi connectivity index (χ0n) is 14.0. The van der Waals surface area contributed by atoms with Crippen molar-refractivity contribution in [2.45, 2.75) is 19.5 Å². The molecule has 3 aromatic rings. The predicted molar refractivity (Wildman–Crippen MR) is 98.1 cm³/mol. The standard InChI is InChI=1S/C17H18ClFN6O/c1-11(12-3-2-4-13(19)7-12)22-16-15(18)9-20-17(24-16)23-14-8-21-25(10-14)5-6-26/h2-4,7-11,26H,5-6H2,1H3,(H2,20,22,23,24). The van der Waals surface area contributed by atoms with Crippen LogP contribution in [0.15, 0.2) is 42.9 Å². The lowest BCUT2D eigenvalue weighted by atomic mass is 10.1. The Bertz CT molecular complexity index is 887. The van der Waals surface area contributed by atoms with E-state index in [0.717, 1.165) is 5.56 Å². The molecule has 26 heavy (non-hydrogen) atoms. The molecule has 2 heterocycles. The molecule has 3 N–H and O–H groups in total. The van der Waals surface area contributed by atoms with E-state index < -0.39 is 0 Å². The summed E-state index contributed by atoms with van der Waals surface area (Å²) in [5, 5.41) is 19.6. The van der Waals surface area contributed by atoms with Gasteiger partial charge in [-0.05, 0) is 24.6 Å². The van der Waals surface area contributed by atoms with Crippen molar-refractivity contribution >= 4 is 29.1 Å². The highest BCUT2D eigenvalue weighted by molar-refractivity contribution is 6.32. The quantitative estimate of drug-likeness (QED) is 0.586. The number of anilines is 3. The summed E-state index contributed by atoms with van der Waals surface area (Å²) in [7, 11) is 0. The van der Waals surface area contributed by atoms with E-state index in [-0.39, 0.29) is 18.5 Å². The Morgan fingerprint density at radius 1 is 1.35 bits per heavy atom. The van der Waals surface area contributed by atoms with Crippen LogP contribution in [0.5, 0.6) is 0 Å². The van der Waals surface area contributed by atoms with Gasteiger partial charge in [-0.2, -0.15) is 10.1 Å².